The summed E-state index contributed by atoms with van der Waals surface area (Å²) in [4.78, 5) is 12.3. The molecule has 0 radical (unpaired) electrons. The van der Waals surface area contributed by atoms with Crippen molar-refractivity contribution in [3.63, 3.8) is 0 Å². The van der Waals surface area contributed by atoms with Gasteiger partial charge in [-0.3, -0.25) is 4.79 Å². The minimum Gasteiger partial charge on any atom is -0.486 e. The molecule has 0 spiro atoms. The SMILES string of the molecule is CC(C)n1nnnc1COc1cccc(C(=O)NCc2ccccc2)c1. The highest BCUT2D eigenvalue weighted by molar-refractivity contribution is 5.94. The van der Waals surface area contributed by atoms with Crippen molar-refractivity contribution in [1.29, 1.82) is 0 Å². The molecule has 0 fully saturated rings. The van der Waals surface area contributed by atoms with Crippen LogP contribution in [-0.4, -0.2) is 26.1 Å². The second-order valence-corrected chi connectivity index (χ2v) is 6.12. The van der Waals surface area contributed by atoms with Crippen molar-refractivity contribution >= 4 is 5.91 Å². The molecule has 7 nitrogen and oxygen atoms in total. The second kappa shape index (κ2) is 8.24. The molecular formula is C19H21N5O2. The fourth-order valence-corrected chi connectivity index (χ4v) is 2.46. The van der Waals surface area contributed by atoms with Crippen molar-refractivity contribution in [3.05, 3.63) is 71.5 Å². The summed E-state index contributed by atoms with van der Waals surface area (Å²) in [5.41, 5.74) is 1.59. The van der Waals surface area contributed by atoms with Gasteiger partial charge in [-0.1, -0.05) is 36.4 Å². The molecule has 0 bridgehead atoms. The van der Waals surface area contributed by atoms with Gasteiger partial charge in [-0.2, -0.15) is 0 Å². The van der Waals surface area contributed by atoms with Crippen LogP contribution in [0.5, 0.6) is 5.75 Å². The molecule has 1 N–H and O–H groups in total. The Bertz CT molecular complexity index is 861. The van der Waals surface area contributed by atoms with Crippen LogP contribution in [-0.2, 0) is 13.2 Å². The van der Waals surface area contributed by atoms with Gasteiger partial charge in [0.2, 0.25) is 0 Å². The van der Waals surface area contributed by atoms with Gasteiger partial charge in [0, 0.05) is 12.1 Å². The van der Waals surface area contributed by atoms with E-state index in [0.29, 0.717) is 23.7 Å². The molecule has 0 atom stereocenters. The van der Waals surface area contributed by atoms with Crippen LogP contribution in [0.25, 0.3) is 0 Å². The lowest BCUT2D eigenvalue weighted by atomic mass is 10.2. The Morgan fingerprint density at radius 1 is 1.15 bits per heavy atom. The van der Waals surface area contributed by atoms with E-state index in [0.717, 1.165) is 5.56 Å². The first-order valence-corrected chi connectivity index (χ1v) is 8.45. The highest BCUT2D eigenvalue weighted by Crippen LogP contribution is 2.15. The fourth-order valence-electron chi connectivity index (χ4n) is 2.46. The topological polar surface area (TPSA) is 81.9 Å². The third kappa shape index (κ3) is 4.44. The lowest BCUT2D eigenvalue weighted by molar-refractivity contribution is 0.0950. The molecule has 3 rings (SSSR count). The zero-order valence-corrected chi connectivity index (χ0v) is 14.8. The molecule has 0 unspecified atom stereocenters. The molecule has 1 amide bonds. The highest BCUT2D eigenvalue weighted by atomic mass is 16.5. The average Bonchev–Trinajstić information content (AvgIpc) is 3.14. The van der Waals surface area contributed by atoms with E-state index < -0.39 is 0 Å². The smallest absolute Gasteiger partial charge is 0.251 e. The van der Waals surface area contributed by atoms with E-state index in [-0.39, 0.29) is 18.6 Å². The van der Waals surface area contributed by atoms with E-state index in [1.54, 1.807) is 28.9 Å². The fraction of sp³-hybridized carbons (Fsp3) is 0.263. The maximum Gasteiger partial charge on any atom is 0.251 e. The number of hydrogen-bond acceptors (Lipinski definition) is 5. The Balaban J connectivity index is 1.60. The second-order valence-electron chi connectivity index (χ2n) is 6.12. The Morgan fingerprint density at radius 3 is 2.73 bits per heavy atom. The number of tetrazole rings is 1. The number of benzene rings is 2. The van der Waals surface area contributed by atoms with Gasteiger partial charge in [0.15, 0.2) is 5.82 Å². The lowest BCUT2D eigenvalue weighted by Crippen LogP contribution is -2.22. The molecule has 26 heavy (non-hydrogen) atoms. The summed E-state index contributed by atoms with van der Waals surface area (Å²) in [6, 6.07) is 17.0. The summed E-state index contributed by atoms with van der Waals surface area (Å²) in [5.74, 6) is 1.08. The van der Waals surface area contributed by atoms with Gasteiger partial charge in [0.1, 0.15) is 12.4 Å². The predicted octanol–water partition coefficient (Wildman–Crippen LogP) is 2.76. The Labute approximate surface area is 152 Å². The minimum absolute atomic E-state index is 0.147. The number of ether oxygens (including phenoxy) is 1. The summed E-state index contributed by atoms with van der Waals surface area (Å²) in [5, 5.41) is 14.5. The summed E-state index contributed by atoms with van der Waals surface area (Å²) in [6.07, 6.45) is 0. The van der Waals surface area contributed by atoms with Crippen LogP contribution in [0.3, 0.4) is 0 Å². The van der Waals surface area contributed by atoms with E-state index in [9.17, 15) is 4.79 Å². The first kappa shape index (κ1) is 17.6. The highest BCUT2D eigenvalue weighted by Gasteiger charge is 2.11. The zero-order valence-electron chi connectivity index (χ0n) is 14.8. The number of amides is 1. The molecule has 134 valence electrons. The van der Waals surface area contributed by atoms with Gasteiger partial charge in [0.25, 0.3) is 5.91 Å². The molecular weight excluding hydrogens is 330 g/mol. The number of rotatable bonds is 7. The van der Waals surface area contributed by atoms with Crippen LogP contribution in [0.1, 0.15) is 41.6 Å². The van der Waals surface area contributed by atoms with Crippen molar-refractivity contribution in [3.8, 4) is 5.75 Å². The van der Waals surface area contributed by atoms with E-state index in [4.69, 9.17) is 4.74 Å². The van der Waals surface area contributed by atoms with Crippen molar-refractivity contribution in [1.82, 2.24) is 25.5 Å². The third-order valence-electron chi connectivity index (χ3n) is 3.81. The third-order valence-corrected chi connectivity index (χ3v) is 3.81. The monoisotopic (exact) mass is 351 g/mol. The van der Waals surface area contributed by atoms with Crippen LogP contribution in [0, 0.1) is 0 Å². The number of aromatic nitrogens is 4. The standard InChI is InChI=1S/C19H21N5O2/c1-14(2)24-18(21-22-23-24)13-26-17-10-6-9-16(11-17)19(25)20-12-15-7-4-3-5-8-15/h3-11,14H,12-13H2,1-2H3,(H,20,25). The minimum atomic E-state index is -0.147. The number of carbonyl (C=O) groups is 1. The van der Waals surface area contributed by atoms with E-state index in [1.165, 1.54) is 0 Å². The van der Waals surface area contributed by atoms with Crippen molar-refractivity contribution in [2.24, 2.45) is 0 Å². The van der Waals surface area contributed by atoms with Crippen LogP contribution < -0.4 is 10.1 Å². The molecule has 0 saturated carbocycles. The molecule has 1 heterocycles. The Hall–Kier alpha value is -3.22. The van der Waals surface area contributed by atoms with Crippen LogP contribution in [0.15, 0.2) is 54.6 Å². The predicted molar refractivity (Wildman–Crippen MR) is 96.6 cm³/mol. The molecule has 2 aromatic carbocycles. The first-order valence-electron chi connectivity index (χ1n) is 8.45. The van der Waals surface area contributed by atoms with Crippen molar-refractivity contribution in [2.75, 3.05) is 0 Å². The van der Waals surface area contributed by atoms with E-state index >= 15 is 0 Å². The molecule has 0 saturated heterocycles. The van der Waals surface area contributed by atoms with Gasteiger partial charge in [-0.15, -0.1) is 5.10 Å². The van der Waals surface area contributed by atoms with E-state index in [2.05, 4.69) is 20.8 Å². The quantitative estimate of drug-likeness (QED) is 0.708. The van der Waals surface area contributed by atoms with Crippen LogP contribution >= 0.6 is 0 Å². The van der Waals surface area contributed by atoms with Gasteiger partial charge in [-0.25, -0.2) is 4.68 Å². The maximum atomic E-state index is 12.3. The van der Waals surface area contributed by atoms with Gasteiger partial charge in [0.05, 0.1) is 6.04 Å². The van der Waals surface area contributed by atoms with Crippen molar-refractivity contribution < 1.29 is 9.53 Å². The average molecular weight is 351 g/mol. The van der Waals surface area contributed by atoms with E-state index in [1.807, 2.05) is 44.2 Å². The Morgan fingerprint density at radius 2 is 1.96 bits per heavy atom. The molecule has 0 aliphatic carbocycles. The maximum absolute atomic E-state index is 12.3. The summed E-state index contributed by atoms with van der Waals surface area (Å²) in [6.45, 7) is 4.71. The normalized spacial score (nSPS) is 10.7. The van der Waals surface area contributed by atoms with Gasteiger partial charge < -0.3 is 10.1 Å². The largest absolute Gasteiger partial charge is 0.486 e. The zero-order chi connectivity index (χ0) is 18.4. The molecule has 7 heteroatoms. The van der Waals surface area contributed by atoms with Crippen molar-refractivity contribution in [2.45, 2.75) is 33.0 Å². The molecule has 0 aliphatic heterocycles. The number of nitrogens with one attached hydrogen (secondary N) is 1. The summed E-state index contributed by atoms with van der Waals surface area (Å²) in [7, 11) is 0. The molecule has 1 aromatic heterocycles. The van der Waals surface area contributed by atoms with Crippen LogP contribution in [0.2, 0.25) is 0 Å². The lowest BCUT2D eigenvalue weighted by Gasteiger charge is -2.10. The van der Waals surface area contributed by atoms with Crippen LogP contribution in [0.4, 0.5) is 0 Å². The number of nitrogens with zero attached hydrogens (tertiary/aromatic N) is 4. The Kier molecular flexibility index (Phi) is 5.58. The summed E-state index contributed by atoms with van der Waals surface area (Å²) < 4.78 is 7.46. The van der Waals surface area contributed by atoms with Gasteiger partial charge >= 0.3 is 0 Å². The number of carbonyl (C=O) groups excluding carboxylic acids is 1. The number of hydrogen-bond donors (Lipinski definition) is 1. The molecule has 3 aromatic rings. The van der Waals surface area contributed by atoms with Gasteiger partial charge in [-0.05, 0) is 48.0 Å². The molecule has 0 aliphatic rings. The summed E-state index contributed by atoms with van der Waals surface area (Å²) >= 11 is 0. The first-order chi connectivity index (χ1) is 12.6.